The average molecular weight is 373 g/mol. The Morgan fingerprint density at radius 3 is 2.43 bits per heavy atom. The second-order valence-corrected chi connectivity index (χ2v) is 5.82. The van der Waals surface area contributed by atoms with Gasteiger partial charge >= 0.3 is 0 Å². The van der Waals surface area contributed by atoms with E-state index < -0.39 is 10.8 Å². The fraction of sp³-hybridized carbons (Fsp3) is 0.0476. The largest absolute Gasteiger partial charge is 0.486 e. The lowest BCUT2D eigenvalue weighted by molar-refractivity contribution is -0.384. The van der Waals surface area contributed by atoms with Gasteiger partial charge in [-0.1, -0.05) is 54.6 Å². The number of rotatable bonds is 6. The summed E-state index contributed by atoms with van der Waals surface area (Å²) in [4.78, 5) is 26.3. The lowest BCUT2D eigenvalue weighted by atomic mass is 10.2. The average Bonchev–Trinajstić information content (AvgIpc) is 2.73. The maximum Gasteiger partial charge on any atom is 0.273 e. The minimum atomic E-state index is -0.524. The predicted octanol–water partition coefficient (Wildman–Crippen LogP) is 4.98. The number of hydrogen-bond acceptors (Lipinski definition) is 4. The molecule has 7 nitrogen and oxygen atoms in total. The highest BCUT2D eigenvalue weighted by Crippen LogP contribution is 2.30. The Bertz CT molecular complexity index is 1040. The summed E-state index contributed by atoms with van der Waals surface area (Å²) in [6, 6.07) is 19.5. The number of carbonyl (C=O) groups is 1. The summed E-state index contributed by atoms with van der Waals surface area (Å²) < 4.78 is 5.73. The van der Waals surface area contributed by atoms with Gasteiger partial charge in [-0.25, -0.2) is 4.85 Å². The van der Waals surface area contributed by atoms with Crippen LogP contribution in [0.15, 0.2) is 72.8 Å². The van der Waals surface area contributed by atoms with Crippen molar-refractivity contribution in [2.75, 3.05) is 5.32 Å². The van der Waals surface area contributed by atoms with Crippen LogP contribution in [0.3, 0.4) is 0 Å². The van der Waals surface area contributed by atoms with Gasteiger partial charge in [0.1, 0.15) is 12.4 Å². The fourth-order valence-corrected chi connectivity index (χ4v) is 2.46. The number of anilines is 1. The van der Waals surface area contributed by atoms with Crippen LogP contribution in [0.5, 0.6) is 5.75 Å². The Kier molecular flexibility index (Phi) is 5.63. The lowest BCUT2D eigenvalue weighted by Gasteiger charge is -2.13. The van der Waals surface area contributed by atoms with E-state index in [1.54, 1.807) is 24.3 Å². The molecule has 0 unspecified atom stereocenters. The number of benzene rings is 3. The molecule has 138 valence electrons. The molecule has 0 bridgehead atoms. The second kappa shape index (κ2) is 8.47. The molecule has 0 atom stereocenters. The van der Waals surface area contributed by atoms with Crippen LogP contribution in [0, 0.1) is 16.7 Å². The van der Waals surface area contributed by atoms with Crippen LogP contribution >= 0.6 is 0 Å². The van der Waals surface area contributed by atoms with Gasteiger partial charge in [0.05, 0.1) is 23.2 Å². The fourth-order valence-electron chi connectivity index (χ4n) is 2.46. The summed E-state index contributed by atoms with van der Waals surface area (Å²) in [7, 11) is 0. The molecule has 3 rings (SSSR count). The van der Waals surface area contributed by atoms with E-state index in [1.807, 2.05) is 30.3 Å². The summed E-state index contributed by atoms with van der Waals surface area (Å²) in [5.74, 6) is -0.209. The van der Waals surface area contributed by atoms with E-state index >= 15 is 0 Å². The zero-order valence-corrected chi connectivity index (χ0v) is 14.7. The highest BCUT2D eigenvalue weighted by atomic mass is 16.6. The third-order valence-corrected chi connectivity index (χ3v) is 3.92. The predicted molar refractivity (Wildman–Crippen MR) is 105 cm³/mol. The van der Waals surface area contributed by atoms with Gasteiger partial charge in [0.25, 0.3) is 11.6 Å². The highest BCUT2D eigenvalue weighted by Gasteiger charge is 2.15. The number of non-ortho nitro benzene ring substituents is 1. The third kappa shape index (κ3) is 4.51. The normalized spacial score (nSPS) is 9.96. The van der Waals surface area contributed by atoms with Crippen LogP contribution in [-0.2, 0) is 6.61 Å². The van der Waals surface area contributed by atoms with Crippen LogP contribution in [0.4, 0.5) is 17.1 Å². The molecular weight excluding hydrogens is 358 g/mol. The van der Waals surface area contributed by atoms with Crippen molar-refractivity contribution in [1.29, 1.82) is 0 Å². The first-order valence-electron chi connectivity index (χ1n) is 8.31. The zero-order valence-electron chi connectivity index (χ0n) is 14.7. The quantitative estimate of drug-likeness (QED) is 0.375. The molecule has 0 aromatic heterocycles. The van der Waals surface area contributed by atoms with Crippen molar-refractivity contribution < 1.29 is 14.5 Å². The van der Waals surface area contributed by atoms with Crippen molar-refractivity contribution >= 4 is 23.0 Å². The molecule has 0 aliphatic heterocycles. The number of hydrogen-bond donors (Lipinski definition) is 1. The van der Waals surface area contributed by atoms with Crippen molar-refractivity contribution in [2.24, 2.45) is 0 Å². The molecule has 1 N–H and O–H groups in total. The lowest BCUT2D eigenvalue weighted by Crippen LogP contribution is -2.13. The molecule has 7 heteroatoms. The number of nitro benzene ring substituents is 1. The number of amides is 1. The number of nitro groups is 1. The van der Waals surface area contributed by atoms with E-state index in [9.17, 15) is 14.9 Å². The van der Waals surface area contributed by atoms with Crippen LogP contribution in [0.2, 0.25) is 0 Å². The Hall–Kier alpha value is -4.18. The van der Waals surface area contributed by atoms with E-state index in [0.29, 0.717) is 16.9 Å². The van der Waals surface area contributed by atoms with Gasteiger partial charge in [0, 0.05) is 11.6 Å². The number of nitrogens with zero attached hydrogens (tertiary/aromatic N) is 2. The van der Waals surface area contributed by atoms with Crippen molar-refractivity contribution in [2.45, 2.75) is 6.61 Å². The monoisotopic (exact) mass is 373 g/mol. The van der Waals surface area contributed by atoms with Crippen molar-refractivity contribution in [1.82, 2.24) is 0 Å². The van der Waals surface area contributed by atoms with Crippen LogP contribution in [0.1, 0.15) is 15.9 Å². The Morgan fingerprint density at radius 1 is 1.07 bits per heavy atom. The van der Waals surface area contributed by atoms with Crippen LogP contribution in [-0.4, -0.2) is 10.8 Å². The SMILES string of the molecule is [C-]#[N+]c1ccc(C(=O)Nc2ccc([N+](=O)[O-])cc2OCc2ccccc2)cc1. The molecule has 0 aliphatic carbocycles. The number of ether oxygens (including phenoxy) is 1. The van der Waals surface area contributed by atoms with Gasteiger partial charge in [-0.15, -0.1) is 0 Å². The molecule has 0 saturated carbocycles. The first kappa shape index (κ1) is 18.6. The standard InChI is InChI=1S/C21H15N3O4/c1-22-17-9-7-16(8-10-17)21(25)23-19-12-11-18(24(26)27)13-20(19)28-14-15-5-3-2-4-6-15/h2-13H,14H2,(H,23,25). The third-order valence-electron chi connectivity index (χ3n) is 3.92. The van der Waals surface area contributed by atoms with Gasteiger partial charge in [-0.2, -0.15) is 0 Å². The Balaban J connectivity index is 1.83. The molecule has 3 aromatic rings. The van der Waals surface area contributed by atoms with Gasteiger partial charge in [-0.05, 0) is 11.6 Å². The van der Waals surface area contributed by atoms with Crippen molar-refractivity contribution in [3.63, 3.8) is 0 Å². The van der Waals surface area contributed by atoms with Gasteiger partial charge in [0.2, 0.25) is 0 Å². The second-order valence-electron chi connectivity index (χ2n) is 5.82. The van der Waals surface area contributed by atoms with E-state index in [1.165, 1.54) is 18.2 Å². The molecule has 0 fully saturated rings. The summed E-state index contributed by atoms with van der Waals surface area (Å²) in [5, 5.41) is 13.8. The first-order valence-corrected chi connectivity index (χ1v) is 8.31. The summed E-state index contributed by atoms with van der Waals surface area (Å²) in [6.45, 7) is 7.15. The smallest absolute Gasteiger partial charge is 0.273 e. The Morgan fingerprint density at radius 2 is 1.79 bits per heavy atom. The van der Waals surface area contributed by atoms with Crippen LogP contribution in [0.25, 0.3) is 4.85 Å². The minimum absolute atomic E-state index is 0.137. The van der Waals surface area contributed by atoms with Gasteiger partial charge in [-0.3, -0.25) is 14.9 Å². The van der Waals surface area contributed by atoms with Crippen molar-refractivity contribution in [3.05, 3.63) is 105 Å². The number of carbonyl (C=O) groups excluding carboxylic acids is 1. The Labute approximate surface area is 161 Å². The molecule has 3 aromatic carbocycles. The first-order chi connectivity index (χ1) is 13.6. The highest BCUT2D eigenvalue weighted by molar-refractivity contribution is 6.05. The summed E-state index contributed by atoms with van der Waals surface area (Å²) >= 11 is 0. The maximum absolute atomic E-state index is 12.5. The molecule has 0 spiro atoms. The number of nitrogens with one attached hydrogen (secondary N) is 1. The maximum atomic E-state index is 12.5. The molecule has 0 saturated heterocycles. The van der Waals surface area contributed by atoms with E-state index in [0.717, 1.165) is 5.56 Å². The minimum Gasteiger partial charge on any atom is -0.486 e. The molecule has 0 radical (unpaired) electrons. The summed E-state index contributed by atoms with van der Waals surface area (Å²) in [6.07, 6.45) is 0. The summed E-state index contributed by atoms with van der Waals surface area (Å²) in [5.41, 5.74) is 1.86. The topological polar surface area (TPSA) is 85.8 Å². The van der Waals surface area contributed by atoms with Gasteiger partial charge < -0.3 is 10.1 Å². The van der Waals surface area contributed by atoms with Gasteiger partial charge in [0.15, 0.2) is 5.69 Å². The zero-order chi connectivity index (χ0) is 19.9. The van der Waals surface area contributed by atoms with E-state index in [-0.39, 0.29) is 18.0 Å². The van der Waals surface area contributed by atoms with Crippen LogP contribution < -0.4 is 10.1 Å². The van der Waals surface area contributed by atoms with Crippen molar-refractivity contribution in [3.8, 4) is 5.75 Å². The van der Waals surface area contributed by atoms with E-state index in [2.05, 4.69) is 10.2 Å². The molecule has 28 heavy (non-hydrogen) atoms. The molecule has 0 heterocycles. The van der Waals surface area contributed by atoms with E-state index in [4.69, 9.17) is 11.3 Å². The molecule has 1 amide bonds. The molecule has 0 aliphatic rings. The molecular formula is C21H15N3O4.